The average molecular weight is 415 g/mol. The maximum absolute atomic E-state index is 12.7. The molecule has 0 bridgehead atoms. The minimum atomic E-state index is -0.618. The number of imide groups is 1. The van der Waals surface area contributed by atoms with Gasteiger partial charge in [0.15, 0.2) is 5.75 Å². The Labute approximate surface area is 177 Å². The van der Waals surface area contributed by atoms with Gasteiger partial charge in [0.2, 0.25) is 0 Å². The highest BCUT2D eigenvalue weighted by atomic mass is 16.5. The molecular weight excluding hydrogens is 398 g/mol. The number of rotatable bonds is 4. The number of benzene rings is 2. The molecule has 154 valence electrons. The molecule has 0 aliphatic carbocycles. The molecule has 0 radical (unpaired) electrons. The Balaban J connectivity index is 1.69. The number of nitrogens with one attached hydrogen (secondary N) is 1. The van der Waals surface area contributed by atoms with Crippen molar-refractivity contribution in [1.82, 2.24) is 4.98 Å². The number of nitrogens with zero attached hydrogens (tertiary/aromatic N) is 2. The number of carbonyl (C=O) groups is 4. The highest BCUT2D eigenvalue weighted by Crippen LogP contribution is 2.34. The number of pyridine rings is 1. The number of hydrogen-bond acceptors (Lipinski definition) is 6. The molecule has 2 heterocycles. The number of amides is 3. The fourth-order valence-corrected chi connectivity index (χ4v) is 3.31. The summed E-state index contributed by atoms with van der Waals surface area (Å²) >= 11 is 0. The van der Waals surface area contributed by atoms with Crippen LogP contribution in [-0.4, -0.2) is 28.7 Å². The summed E-state index contributed by atoms with van der Waals surface area (Å²) in [5.41, 5.74) is 1.91. The summed E-state index contributed by atoms with van der Waals surface area (Å²) in [5.74, 6) is -2.10. The van der Waals surface area contributed by atoms with Crippen LogP contribution in [0.25, 0.3) is 0 Å². The van der Waals surface area contributed by atoms with Crippen molar-refractivity contribution in [2.45, 2.75) is 13.8 Å². The average Bonchev–Trinajstić information content (AvgIpc) is 3.00. The van der Waals surface area contributed by atoms with Gasteiger partial charge in [-0.2, -0.15) is 0 Å². The van der Waals surface area contributed by atoms with Crippen LogP contribution in [0, 0.1) is 6.92 Å². The van der Waals surface area contributed by atoms with Crippen molar-refractivity contribution in [2.75, 3.05) is 10.2 Å². The third-order valence-electron chi connectivity index (χ3n) is 4.76. The van der Waals surface area contributed by atoms with Gasteiger partial charge in [-0.1, -0.05) is 18.2 Å². The molecule has 0 saturated carbocycles. The molecule has 3 aromatic rings. The third-order valence-corrected chi connectivity index (χ3v) is 4.76. The highest BCUT2D eigenvalue weighted by Gasteiger charge is 2.38. The molecule has 31 heavy (non-hydrogen) atoms. The second-order valence-electron chi connectivity index (χ2n) is 6.89. The number of ether oxygens (including phenoxy) is 1. The third kappa shape index (κ3) is 3.66. The van der Waals surface area contributed by atoms with Crippen LogP contribution in [0.3, 0.4) is 0 Å². The van der Waals surface area contributed by atoms with Crippen LogP contribution in [0.1, 0.15) is 43.7 Å². The molecule has 0 spiro atoms. The monoisotopic (exact) mass is 415 g/mol. The molecular formula is C23H17N3O5. The van der Waals surface area contributed by atoms with E-state index in [9.17, 15) is 19.2 Å². The van der Waals surface area contributed by atoms with Crippen LogP contribution >= 0.6 is 0 Å². The predicted octanol–water partition coefficient (Wildman–Crippen LogP) is 3.37. The van der Waals surface area contributed by atoms with E-state index in [1.807, 2.05) is 6.07 Å². The van der Waals surface area contributed by atoms with Crippen molar-refractivity contribution in [1.29, 1.82) is 0 Å². The Hall–Kier alpha value is -4.33. The Morgan fingerprint density at radius 1 is 1.00 bits per heavy atom. The van der Waals surface area contributed by atoms with Gasteiger partial charge in [-0.05, 0) is 42.8 Å². The van der Waals surface area contributed by atoms with E-state index < -0.39 is 17.8 Å². The van der Waals surface area contributed by atoms with Gasteiger partial charge in [-0.3, -0.25) is 24.2 Å². The van der Waals surface area contributed by atoms with Gasteiger partial charge in [0.25, 0.3) is 17.7 Å². The fraction of sp³-hybridized carbons (Fsp3) is 0.0870. The first-order valence-electron chi connectivity index (χ1n) is 9.40. The zero-order valence-electron chi connectivity index (χ0n) is 16.7. The van der Waals surface area contributed by atoms with E-state index >= 15 is 0 Å². The maximum Gasteiger partial charge on any atom is 0.308 e. The first-order valence-corrected chi connectivity index (χ1v) is 9.40. The van der Waals surface area contributed by atoms with Gasteiger partial charge in [-0.25, -0.2) is 4.90 Å². The Morgan fingerprint density at radius 3 is 2.48 bits per heavy atom. The van der Waals surface area contributed by atoms with Crippen molar-refractivity contribution < 1.29 is 23.9 Å². The number of hydrogen-bond donors (Lipinski definition) is 1. The van der Waals surface area contributed by atoms with Crippen LogP contribution in [0.4, 0.5) is 11.4 Å². The Kier molecular flexibility index (Phi) is 5.04. The molecule has 8 heteroatoms. The first-order chi connectivity index (χ1) is 14.9. The van der Waals surface area contributed by atoms with E-state index in [0.29, 0.717) is 5.56 Å². The van der Waals surface area contributed by atoms with Gasteiger partial charge in [-0.15, -0.1) is 0 Å². The zero-order valence-corrected chi connectivity index (χ0v) is 16.7. The van der Waals surface area contributed by atoms with E-state index in [-0.39, 0.29) is 34.3 Å². The van der Waals surface area contributed by atoms with E-state index in [0.717, 1.165) is 10.5 Å². The Morgan fingerprint density at radius 2 is 1.77 bits per heavy atom. The number of carbonyl (C=O) groups excluding carboxylic acids is 4. The standard InChI is InChI=1S/C23H17N3O5/c1-13-6-3-4-7-16(13)21(28)25-18-10-9-15(12-19(18)31-14(2)27)26-22(29)17-8-5-11-24-20(17)23(26)30/h3-12H,1-2H3,(H,25,28). The summed E-state index contributed by atoms with van der Waals surface area (Å²) in [5, 5.41) is 2.71. The van der Waals surface area contributed by atoms with Crippen LogP contribution in [0.2, 0.25) is 0 Å². The van der Waals surface area contributed by atoms with E-state index in [2.05, 4.69) is 10.3 Å². The largest absolute Gasteiger partial charge is 0.424 e. The number of aryl methyl sites for hydroxylation is 1. The van der Waals surface area contributed by atoms with Gasteiger partial charge in [0.05, 0.1) is 16.9 Å². The SMILES string of the molecule is CC(=O)Oc1cc(N2C(=O)c3cccnc3C2=O)ccc1NC(=O)c1ccccc1C. The smallest absolute Gasteiger partial charge is 0.308 e. The quantitative estimate of drug-likeness (QED) is 0.398. The molecule has 1 aliphatic rings. The molecule has 1 aromatic heterocycles. The van der Waals surface area contributed by atoms with Crippen molar-refractivity contribution in [3.63, 3.8) is 0 Å². The lowest BCUT2D eigenvalue weighted by Gasteiger charge is -2.17. The van der Waals surface area contributed by atoms with E-state index in [4.69, 9.17) is 4.74 Å². The zero-order chi connectivity index (χ0) is 22.1. The minimum absolute atomic E-state index is 0.0106. The van der Waals surface area contributed by atoms with Crippen LogP contribution in [0.5, 0.6) is 5.75 Å². The summed E-state index contributed by atoms with van der Waals surface area (Å²) in [4.78, 5) is 54.7. The first kappa shape index (κ1) is 20.0. The Bertz CT molecular complexity index is 1220. The van der Waals surface area contributed by atoms with E-state index in [1.165, 1.54) is 37.4 Å². The van der Waals surface area contributed by atoms with Crippen molar-refractivity contribution in [3.8, 4) is 5.75 Å². The maximum atomic E-state index is 12.7. The summed E-state index contributed by atoms with van der Waals surface area (Å²) < 4.78 is 5.24. The molecule has 8 nitrogen and oxygen atoms in total. The molecule has 3 amide bonds. The highest BCUT2D eigenvalue weighted by molar-refractivity contribution is 6.33. The molecule has 2 aromatic carbocycles. The molecule has 1 N–H and O–H groups in total. The summed E-state index contributed by atoms with van der Waals surface area (Å²) in [6.45, 7) is 3.02. The van der Waals surface area contributed by atoms with Crippen molar-refractivity contribution in [2.24, 2.45) is 0 Å². The second-order valence-corrected chi connectivity index (χ2v) is 6.89. The number of aromatic nitrogens is 1. The number of esters is 1. The molecule has 4 rings (SSSR count). The minimum Gasteiger partial charge on any atom is -0.424 e. The molecule has 0 atom stereocenters. The molecule has 0 fully saturated rings. The molecule has 0 unspecified atom stereocenters. The topological polar surface area (TPSA) is 106 Å². The van der Waals surface area contributed by atoms with Gasteiger partial charge in [0, 0.05) is 24.8 Å². The summed E-state index contributed by atoms with van der Waals surface area (Å²) in [7, 11) is 0. The number of fused-ring (bicyclic) bond motifs is 1. The predicted molar refractivity (Wildman–Crippen MR) is 112 cm³/mol. The van der Waals surface area contributed by atoms with E-state index in [1.54, 1.807) is 31.2 Å². The van der Waals surface area contributed by atoms with Gasteiger partial charge in [0.1, 0.15) is 5.69 Å². The normalized spacial score (nSPS) is 12.5. The van der Waals surface area contributed by atoms with Crippen molar-refractivity contribution in [3.05, 3.63) is 83.2 Å². The summed E-state index contributed by atoms with van der Waals surface area (Å²) in [6.07, 6.45) is 1.43. The summed E-state index contributed by atoms with van der Waals surface area (Å²) in [6, 6.07) is 14.5. The van der Waals surface area contributed by atoms with Gasteiger partial charge < -0.3 is 10.1 Å². The molecule has 0 saturated heterocycles. The van der Waals surface area contributed by atoms with Crippen molar-refractivity contribution >= 4 is 35.1 Å². The second kappa shape index (κ2) is 7.83. The molecule has 1 aliphatic heterocycles. The lowest BCUT2D eigenvalue weighted by Crippen LogP contribution is -2.29. The lowest BCUT2D eigenvalue weighted by molar-refractivity contribution is -0.131. The van der Waals surface area contributed by atoms with Gasteiger partial charge >= 0.3 is 5.97 Å². The van der Waals surface area contributed by atoms with Crippen LogP contribution in [0.15, 0.2) is 60.8 Å². The number of anilines is 2. The fourth-order valence-electron chi connectivity index (χ4n) is 3.31. The lowest BCUT2D eigenvalue weighted by atomic mass is 10.1. The van der Waals surface area contributed by atoms with Crippen LogP contribution < -0.4 is 15.0 Å². The van der Waals surface area contributed by atoms with Crippen LogP contribution in [-0.2, 0) is 4.79 Å².